The minimum absolute atomic E-state index is 0.473. The quantitative estimate of drug-likeness (QED) is 0.741. The molecule has 19 heavy (non-hydrogen) atoms. The molecule has 1 aliphatic carbocycles. The summed E-state index contributed by atoms with van der Waals surface area (Å²) in [5, 5.41) is 14.3. The number of carbonyl (C=O) groups is 2. The molecule has 5 nitrogen and oxygen atoms in total. The monoisotopic (exact) mass is 280 g/mol. The van der Waals surface area contributed by atoms with E-state index in [4.69, 9.17) is 5.11 Å². The highest BCUT2D eigenvalue weighted by Crippen LogP contribution is 2.32. The van der Waals surface area contributed by atoms with Crippen LogP contribution in [0.2, 0.25) is 0 Å². The fourth-order valence-corrected chi connectivity index (χ4v) is 2.38. The molecule has 0 spiro atoms. The maximum Gasteiger partial charge on any atom is 0.329 e. The summed E-state index contributed by atoms with van der Waals surface area (Å²) in [5.74, 6) is -0.966. The Bertz CT molecular complexity index is 483. The van der Waals surface area contributed by atoms with E-state index in [1.54, 1.807) is 23.9 Å². The number of amides is 2. The number of hydrogen-bond donors (Lipinski definition) is 3. The van der Waals surface area contributed by atoms with E-state index >= 15 is 0 Å². The fourth-order valence-electron chi connectivity index (χ4n) is 1.98. The van der Waals surface area contributed by atoms with Crippen molar-refractivity contribution < 1.29 is 14.7 Å². The summed E-state index contributed by atoms with van der Waals surface area (Å²) < 4.78 is 0. The van der Waals surface area contributed by atoms with Crippen molar-refractivity contribution in [3.05, 3.63) is 24.3 Å². The summed E-state index contributed by atoms with van der Waals surface area (Å²) >= 11 is 1.62. The Balaban J connectivity index is 1.95. The topological polar surface area (TPSA) is 78.4 Å². The maximum atomic E-state index is 11.8. The summed E-state index contributed by atoms with van der Waals surface area (Å²) in [7, 11) is 0. The van der Waals surface area contributed by atoms with Crippen molar-refractivity contribution in [2.45, 2.75) is 29.7 Å². The van der Waals surface area contributed by atoms with Gasteiger partial charge >= 0.3 is 12.0 Å². The molecule has 1 saturated carbocycles. The van der Waals surface area contributed by atoms with Gasteiger partial charge in [0.1, 0.15) is 5.54 Å². The van der Waals surface area contributed by atoms with Crippen LogP contribution in [0.4, 0.5) is 10.5 Å². The van der Waals surface area contributed by atoms with Gasteiger partial charge in [0.05, 0.1) is 0 Å². The van der Waals surface area contributed by atoms with E-state index in [9.17, 15) is 9.59 Å². The van der Waals surface area contributed by atoms with E-state index in [-0.39, 0.29) is 0 Å². The number of anilines is 1. The second kappa shape index (κ2) is 5.52. The number of carboxylic acid groups (broad SMARTS) is 1. The second-order valence-electron chi connectivity index (χ2n) is 4.55. The number of carbonyl (C=O) groups excluding carboxylic acids is 1. The van der Waals surface area contributed by atoms with Gasteiger partial charge in [-0.3, -0.25) is 0 Å². The molecule has 0 radical (unpaired) electrons. The van der Waals surface area contributed by atoms with Crippen LogP contribution in [-0.4, -0.2) is 28.9 Å². The number of hydrogen-bond acceptors (Lipinski definition) is 3. The van der Waals surface area contributed by atoms with Gasteiger partial charge < -0.3 is 15.7 Å². The minimum Gasteiger partial charge on any atom is -0.480 e. The van der Waals surface area contributed by atoms with Crippen LogP contribution in [0.3, 0.4) is 0 Å². The Kier molecular flexibility index (Phi) is 3.99. The van der Waals surface area contributed by atoms with Gasteiger partial charge in [-0.05, 0) is 49.8 Å². The highest BCUT2D eigenvalue weighted by Gasteiger charge is 2.45. The molecule has 1 aromatic carbocycles. The molecular formula is C13H16N2O3S. The highest BCUT2D eigenvalue weighted by molar-refractivity contribution is 7.98. The molecule has 0 saturated heterocycles. The Labute approximate surface area is 115 Å². The third-order valence-corrected chi connectivity index (χ3v) is 4.06. The average Bonchev–Trinajstić information content (AvgIpc) is 2.34. The Morgan fingerprint density at radius 3 is 2.32 bits per heavy atom. The van der Waals surface area contributed by atoms with Crippen molar-refractivity contribution in [2.75, 3.05) is 11.6 Å². The number of rotatable bonds is 4. The molecule has 1 aliphatic rings. The largest absolute Gasteiger partial charge is 0.480 e. The van der Waals surface area contributed by atoms with Crippen molar-refractivity contribution in [2.24, 2.45) is 0 Å². The van der Waals surface area contributed by atoms with E-state index in [1.807, 2.05) is 18.4 Å². The van der Waals surface area contributed by atoms with Crippen LogP contribution in [0, 0.1) is 0 Å². The van der Waals surface area contributed by atoms with Gasteiger partial charge in [0.15, 0.2) is 0 Å². The molecule has 2 amide bonds. The highest BCUT2D eigenvalue weighted by atomic mass is 32.2. The van der Waals surface area contributed by atoms with Crippen molar-refractivity contribution in [1.82, 2.24) is 5.32 Å². The van der Waals surface area contributed by atoms with Gasteiger partial charge in [0.2, 0.25) is 0 Å². The lowest BCUT2D eigenvalue weighted by molar-refractivity contribution is -0.148. The maximum absolute atomic E-state index is 11.8. The number of carboxylic acids is 1. The average molecular weight is 280 g/mol. The second-order valence-corrected chi connectivity index (χ2v) is 5.43. The third-order valence-electron chi connectivity index (χ3n) is 3.32. The molecule has 2 rings (SSSR count). The van der Waals surface area contributed by atoms with Crippen molar-refractivity contribution >= 4 is 29.4 Å². The molecule has 3 N–H and O–H groups in total. The van der Waals surface area contributed by atoms with Crippen LogP contribution in [0.5, 0.6) is 0 Å². The zero-order chi connectivity index (χ0) is 13.9. The van der Waals surface area contributed by atoms with Crippen molar-refractivity contribution in [3.8, 4) is 0 Å². The zero-order valence-corrected chi connectivity index (χ0v) is 11.4. The smallest absolute Gasteiger partial charge is 0.329 e. The van der Waals surface area contributed by atoms with E-state index in [2.05, 4.69) is 10.6 Å². The van der Waals surface area contributed by atoms with Gasteiger partial charge in [-0.25, -0.2) is 9.59 Å². The molecule has 102 valence electrons. The number of thioether (sulfide) groups is 1. The Hall–Kier alpha value is -1.69. The van der Waals surface area contributed by atoms with Gasteiger partial charge in [-0.2, -0.15) is 0 Å². The predicted octanol–water partition coefficient (Wildman–Crippen LogP) is 2.54. The lowest BCUT2D eigenvalue weighted by Gasteiger charge is -2.38. The van der Waals surface area contributed by atoms with Gasteiger partial charge in [0.25, 0.3) is 0 Å². The summed E-state index contributed by atoms with van der Waals surface area (Å²) in [5.41, 5.74) is -0.432. The SMILES string of the molecule is CSc1ccc(NC(=O)NC2(C(=O)O)CCC2)cc1. The first-order chi connectivity index (χ1) is 9.05. The standard InChI is InChI=1S/C13H16N2O3S/c1-19-10-5-3-9(4-6-10)14-12(18)15-13(11(16)17)7-2-8-13/h3-6H,2,7-8H2,1H3,(H,16,17)(H2,14,15,18). The number of aliphatic carboxylic acids is 1. The van der Waals surface area contributed by atoms with Crippen LogP contribution in [0.15, 0.2) is 29.2 Å². The molecule has 0 bridgehead atoms. The molecule has 0 aliphatic heterocycles. The Morgan fingerprint density at radius 1 is 1.26 bits per heavy atom. The fraction of sp³-hybridized carbons (Fsp3) is 0.385. The van der Waals surface area contributed by atoms with Crippen LogP contribution in [-0.2, 0) is 4.79 Å². The number of benzene rings is 1. The third kappa shape index (κ3) is 3.01. The van der Waals surface area contributed by atoms with Gasteiger partial charge in [-0.15, -0.1) is 11.8 Å². The molecular weight excluding hydrogens is 264 g/mol. The van der Waals surface area contributed by atoms with Crippen LogP contribution >= 0.6 is 11.8 Å². The molecule has 0 aromatic heterocycles. The molecule has 0 atom stereocenters. The molecule has 1 aromatic rings. The lowest BCUT2D eigenvalue weighted by atomic mass is 9.77. The van der Waals surface area contributed by atoms with E-state index < -0.39 is 17.5 Å². The van der Waals surface area contributed by atoms with Crippen LogP contribution < -0.4 is 10.6 Å². The zero-order valence-electron chi connectivity index (χ0n) is 10.6. The summed E-state index contributed by atoms with van der Waals surface area (Å²) in [6.45, 7) is 0. The summed E-state index contributed by atoms with van der Waals surface area (Å²) in [6.07, 6.45) is 3.78. The van der Waals surface area contributed by atoms with Crippen LogP contribution in [0.1, 0.15) is 19.3 Å². The van der Waals surface area contributed by atoms with E-state index in [0.717, 1.165) is 11.3 Å². The summed E-state index contributed by atoms with van der Waals surface area (Å²) in [4.78, 5) is 24.0. The molecule has 0 unspecified atom stereocenters. The number of nitrogens with one attached hydrogen (secondary N) is 2. The van der Waals surface area contributed by atoms with Crippen molar-refractivity contribution in [1.29, 1.82) is 0 Å². The predicted molar refractivity (Wildman–Crippen MR) is 74.6 cm³/mol. The normalized spacial score (nSPS) is 16.3. The molecule has 1 fully saturated rings. The van der Waals surface area contributed by atoms with Gasteiger partial charge in [0, 0.05) is 10.6 Å². The first kappa shape index (κ1) is 13.7. The molecule has 6 heteroatoms. The summed E-state index contributed by atoms with van der Waals surface area (Å²) in [6, 6.07) is 6.91. The van der Waals surface area contributed by atoms with Crippen molar-refractivity contribution in [3.63, 3.8) is 0 Å². The van der Waals surface area contributed by atoms with E-state index in [0.29, 0.717) is 18.5 Å². The van der Waals surface area contributed by atoms with Gasteiger partial charge in [-0.1, -0.05) is 0 Å². The minimum atomic E-state index is -1.08. The first-order valence-corrected chi connectivity index (χ1v) is 7.25. The molecule has 0 heterocycles. The lowest BCUT2D eigenvalue weighted by Crippen LogP contribution is -2.60. The van der Waals surface area contributed by atoms with Crippen LogP contribution in [0.25, 0.3) is 0 Å². The number of urea groups is 1. The Morgan fingerprint density at radius 2 is 1.89 bits per heavy atom. The van der Waals surface area contributed by atoms with E-state index in [1.165, 1.54) is 0 Å². The first-order valence-electron chi connectivity index (χ1n) is 6.02.